The molecule has 0 aliphatic rings. The fraction of sp³-hybridized carbons (Fsp3) is 0.429. The number of hydrogen-bond acceptors (Lipinski definition) is 3. The summed E-state index contributed by atoms with van der Waals surface area (Å²) in [6, 6.07) is 0. The van der Waals surface area contributed by atoms with Gasteiger partial charge in [0, 0.05) is 5.92 Å². The Labute approximate surface area is 77.7 Å². The van der Waals surface area contributed by atoms with Gasteiger partial charge in [0.2, 0.25) is 0 Å². The third-order valence-corrected chi connectivity index (χ3v) is 2.17. The van der Waals surface area contributed by atoms with Crippen LogP contribution < -0.4 is 0 Å². The molecule has 0 spiro atoms. The molecule has 1 aromatic rings. The van der Waals surface area contributed by atoms with Crippen molar-refractivity contribution in [3.63, 3.8) is 0 Å². The van der Waals surface area contributed by atoms with E-state index < -0.39 is 5.97 Å². The van der Waals surface area contributed by atoms with Crippen molar-refractivity contribution in [3.8, 4) is 0 Å². The lowest BCUT2D eigenvalue weighted by Gasteiger charge is -1.96. The minimum absolute atomic E-state index is 0.140. The number of nitrogens with zero attached hydrogens (tertiary/aromatic N) is 1. The average Bonchev–Trinajstić information content (AvgIpc) is 2.30. The number of hydrogen-bond donors (Lipinski definition) is 1. The summed E-state index contributed by atoms with van der Waals surface area (Å²) in [4.78, 5) is 10.5. The summed E-state index contributed by atoms with van der Waals surface area (Å²) in [5, 5.41) is 12.2. The second kappa shape index (κ2) is 3.26. The van der Waals surface area contributed by atoms with E-state index in [2.05, 4.69) is 25.6 Å². The van der Waals surface area contributed by atoms with Gasteiger partial charge < -0.3 is 9.63 Å². The van der Waals surface area contributed by atoms with E-state index in [0.717, 1.165) is 0 Å². The number of aromatic carboxylic acids is 1. The molecule has 0 fully saturated rings. The molecule has 0 saturated heterocycles. The predicted molar refractivity (Wildman–Crippen MR) is 45.3 cm³/mol. The molecule has 1 aromatic heterocycles. The van der Waals surface area contributed by atoms with Crippen LogP contribution in [0.3, 0.4) is 0 Å². The van der Waals surface area contributed by atoms with Gasteiger partial charge >= 0.3 is 5.97 Å². The predicted octanol–water partition coefficient (Wildman–Crippen LogP) is 2.26. The Hall–Kier alpha value is -0.840. The maximum Gasteiger partial charge on any atom is 0.375 e. The van der Waals surface area contributed by atoms with Gasteiger partial charge in [-0.05, 0) is 15.9 Å². The van der Waals surface area contributed by atoms with Gasteiger partial charge in [0.1, 0.15) is 5.69 Å². The molecular weight excluding hydrogens is 226 g/mol. The summed E-state index contributed by atoms with van der Waals surface area (Å²) >= 11 is 3.12. The van der Waals surface area contributed by atoms with Crippen molar-refractivity contribution in [1.29, 1.82) is 0 Å². The lowest BCUT2D eigenvalue weighted by Crippen LogP contribution is -1.95. The minimum Gasteiger partial charge on any atom is -0.475 e. The van der Waals surface area contributed by atoms with Crippen LogP contribution in [0.4, 0.5) is 0 Å². The van der Waals surface area contributed by atoms with Crippen LogP contribution in [-0.4, -0.2) is 16.2 Å². The maximum absolute atomic E-state index is 10.5. The molecule has 12 heavy (non-hydrogen) atoms. The first kappa shape index (κ1) is 9.25. The standard InChI is InChI=1S/C7H8BrNO3/c1-3(2)5-4(8)6(7(10)11)12-9-5/h3H,1-2H3,(H,10,11). The largest absolute Gasteiger partial charge is 0.475 e. The molecule has 0 aliphatic heterocycles. The Morgan fingerprint density at radius 2 is 2.25 bits per heavy atom. The van der Waals surface area contributed by atoms with E-state index in [1.807, 2.05) is 13.8 Å². The summed E-state index contributed by atoms with van der Waals surface area (Å²) in [6.45, 7) is 3.82. The molecule has 0 saturated carbocycles. The first-order chi connectivity index (χ1) is 5.54. The fourth-order valence-electron chi connectivity index (χ4n) is 0.783. The highest BCUT2D eigenvalue weighted by Gasteiger charge is 2.20. The molecular formula is C7H8BrNO3. The van der Waals surface area contributed by atoms with E-state index in [0.29, 0.717) is 10.2 Å². The van der Waals surface area contributed by atoms with Crippen molar-refractivity contribution in [3.05, 3.63) is 15.9 Å². The lowest BCUT2D eigenvalue weighted by molar-refractivity contribution is 0.0650. The average molecular weight is 234 g/mol. The summed E-state index contributed by atoms with van der Waals surface area (Å²) in [7, 11) is 0. The van der Waals surface area contributed by atoms with Gasteiger partial charge in [-0.1, -0.05) is 19.0 Å². The number of carboxylic acid groups (broad SMARTS) is 1. The Kier molecular flexibility index (Phi) is 2.52. The van der Waals surface area contributed by atoms with Crippen LogP contribution in [0.15, 0.2) is 9.00 Å². The van der Waals surface area contributed by atoms with Crippen LogP contribution in [0.1, 0.15) is 36.0 Å². The van der Waals surface area contributed by atoms with E-state index in [9.17, 15) is 4.79 Å². The Morgan fingerprint density at radius 3 is 2.50 bits per heavy atom. The van der Waals surface area contributed by atoms with Crippen molar-refractivity contribution in [2.75, 3.05) is 0 Å². The van der Waals surface area contributed by atoms with Crippen molar-refractivity contribution in [2.24, 2.45) is 0 Å². The van der Waals surface area contributed by atoms with Crippen molar-refractivity contribution in [2.45, 2.75) is 19.8 Å². The first-order valence-corrected chi connectivity index (χ1v) is 4.21. The van der Waals surface area contributed by atoms with E-state index in [-0.39, 0.29) is 11.7 Å². The second-order valence-electron chi connectivity index (χ2n) is 2.67. The van der Waals surface area contributed by atoms with E-state index in [1.165, 1.54) is 0 Å². The third-order valence-electron chi connectivity index (χ3n) is 1.40. The molecule has 1 heterocycles. The Morgan fingerprint density at radius 1 is 1.67 bits per heavy atom. The number of aromatic nitrogens is 1. The zero-order valence-electron chi connectivity index (χ0n) is 6.67. The van der Waals surface area contributed by atoms with Crippen LogP contribution in [0, 0.1) is 0 Å². The molecule has 0 radical (unpaired) electrons. The highest BCUT2D eigenvalue weighted by Crippen LogP contribution is 2.26. The monoisotopic (exact) mass is 233 g/mol. The van der Waals surface area contributed by atoms with Gasteiger partial charge in [0.15, 0.2) is 0 Å². The third kappa shape index (κ3) is 1.50. The molecule has 0 atom stereocenters. The van der Waals surface area contributed by atoms with E-state index in [1.54, 1.807) is 0 Å². The zero-order chi connectivity index (χ0) is 9.30. The van der Waals surface area contributed by atoms with Gasteiger partial charge in [-0.25, -0.2) is 4.79 Å². The molecule has 0 aromatic carbocycles. The topological polar surface area (TPSA) is 63.3 Å². The number of rotatable bonds is 2. The van der Waals surface area contributed by atoms with Crippen LogP contribution in [0.25, 0.3) is 0 Å². The maximum atomic E-state index is 10.5. The normalized spacial score (nSPS) is 10.7. The second-order valence-corrected chi connectivity index (χ2v) is 3.46. The molecule has 1 N–H and O–H groups in total. The van der Waals surface area contributed by atoms with Crippen LogP contribution in [0.5, 0.6) is 0 Å². The van der Waals surface area contributed by atoms with Crippen molar-refractivity contribution >= 4 is 21.9 Å². The van der Waals surface area contributed by atoms with Gasteiger partial charge in [-0.3, -0.25) is 0 Å². The first-order valence-electron chi connectivity index (χ1n) is 3.42. The van der Waals surface area contributed by atoms with Gasteiger partial charge in [0.05, 0.1) is 4.47 Å². The molecule has 0 amide bonds. The smallest absolute Gasteiger partial charge is 0.375 e. The highest BCUT2D eigenvalue weighted by atomic mass is 79.9. The van der Waals surface area contributed by atoms with E-state index in [4.69, 9.17) is 5.11 Å². The Bertz CT molecular complexity index is 306. The van der Waals surface area contributed by atoms with E-state index >= 15 is 0 Å². The van der Waals surface area contributed by atoms with Crippen LogP contribution >= 0.6 is 15.9 Å². The lowest BCUT2D eigenvalue weighted by atomic mass is 10.1. The van der Waals surface area contributed by atoms with Crippen LogP contribution in [0.2, 0.25) is 0 Å². The molecule has 4 nitrogen and oxygen atoms in total. The molecule has 1 rings (SSSR count). The molecule has 0 aliphatic carbocycles. The summed E-state index contributed by atoms with van der Waals surface area (Å²) in [5.74, 6) is -1.10. The van der Waals surface area contributed by atoms with Gasteiger partial charge in [0.25, 0.3) is 5.76 Å². The highest BCUT2D eigenvalue weighted by molar-refractivity contribution is 9.10. The van der Waals surface area contributed by atoms with Crippen molar-refractivity contribution < 1.29 is 14.4 Å². The van der Waals surface area contributed by atoms with Crippen molar-refractivity contribution in [1.82, 2.24) is 5.16 Å². The molecule has 66 valence electrons. The van der Waals surface area contributed by atoms with Crippen LogP contribution in [-0.2, 0) is 0 Å². The zero-order valence-corrected chi connectivity index (χ0v) is 8.25. The summed E-state index contributed by atoms with van der Waals surface area (Å²) in [6.07, 6.45) is 0. The van der Waals surface area contributed by atoms with Gasteiger partial charge in [-0.15, -0.1) is 0 Å². The van der Waals surface area contributed by atoms with Gasteiger partial charge in [-0.2, -0.15) is 0 Å². The molecule has 0 bridgehead atoms. The SMILES string of the molecule is CC(C)c1noc(C(=O)O)c1Br. The summed E-state index contributed by atoms with van der Waals surface area (Å²) in [5.41, 5.74) is 0.632. The number of halogens is 1. The molecule has 5 heteroatoms. The summed E-state index contributed by atoms with van der Waals surface area (Å²) < 4.78 is 5.06. The minimum atomic E-state index is -1.11. The Balaban J connectivity index is 3.13. The molecule has 0 unspecified atom stereocenters. The number of carboxylic acids is 1. The number of carbonyl (C=O) groups is 1. The fourth-order valence-corrected chi connectivity index (χ4v) is 1.56. The quantitative estimate of drug-likeness (QED) is 0.852.